The molecule has 0 spiro atoms. The molecule has 272 valence electrons. The average Bonchev–Trinajstić information content (AvgIpc) is 3.60. The third kappa shape index (κ3) is 5.32. The van der Waals surface area contributed by atoms with Crippen molar-refractivity contribution in [2.75, 3.05) is 4.90 Å². The van der Waals surface area contributed by atoms with Gasteiger partial charge in [0.25, 0.3) is 0 Å². The van der Waals surface area contributed by atoms with Crippen LogP contribution in [0.4, 0.5) is 17.1 Å². The van der Waals surface area contributed by atoms with Gasteiger partial charge in [0, 0.05) is 16.6 Å². The third-order valence-corrected chi connectivity index (χ3v) is 12.1. The van der Waals surface area contributed by atoms with Crippen LogP contribution in [-0.2, 0) is 5.41 Å². The van der Waals surface area contributed by atoms with Gasteiger partial charge in [-0.15, -0.1) is 0 Å². The third-order valence-electron chi connectivity index (χ3n) is 12.1. The second kappa shape index (κ2) is 13.9. The van der Waals surface area contributed by atoms with E-state index in [2.05, 4.69) is 241 Å². The van der Waals surface area contributed by atoms with E-state index < -0.39 is 5.41 Å². The molecular formula is C57H39N. The van der Waals surface area contributed by atoms with Crippen molar-refractivity contribution in [2.45, 2.75) is 5.41 Å². The smallest absolute Gasteiger partial charge is 0.0714 e. The summed E-state index contributed by atoms with van der Waals surface area (Å²) in [4.78, 5) is 2.52. The molecule has 1 heteroatoms. The van der Waals surface area contributed by atoms with Gasteiger partial charge in [-0.1, -0.05) is 212 Å². The lowest BCUT2D eigenvalue weighted by Crippen LogP contribution is -2.28. The van der Waals surface area contributed by atoms with Gasteiger partial charge in [0.05, 0.1) is 16.8 Å². The molecule has 0 bridgehead atoms. The summed E-state index contributed by atoms with van der Waals surface area (Å²) < 4.78 is 0. The summed E-state index contributed by atoms with van der Waals surface area (Å²) in [5.41, 5.74) is 15.2. The minimum absolute atomic E-state index is 0.526. The van der Waals surface area contributed by atoms with Crippen LogP contribution in [0.25, 0.3) is 54.9 Å². The molecule has 0 N–H and O–H groups in total. The zero-order chi connectivity index (χ0) is 38.5. The van der Waals surface area contributed by atoms with Gasteiger partial charge in [0.2, 0.25) is 0 Å². The SMILES string of the molecule is c1ccc(-c2ccc(-c3cccc4ccccc34)cc2N(c2ccc3c(c2)C(c2ccccc2)(c2ccccc2)c2ccccc2-3)c2cccc3ccccc23)cc1. The molecular weight excluding hydrogens is 699 g/mol. The van der Waals surface area contributed by atoms with Crippen molar-refractivity contribution in [3.05, 3.63) is 259 Å². The molecule has 10 aromatic carbocycles. The van der Waals surface area contributed by atoms with E-state index in [0.717, 1.165) is 17.1 Å². The highest BCUT2D eigenvalue weighted by atomic mass is 15.1. The summed E-state index contributed by atoms with van der Waals surface area (Å²) in [6.07, 6.45) is 0. The predicted octanol–water partition coefficient (Wildman–Crippen LogP) is 15.2. The second-order valence-corrected chi connectivity index (χ2v) is 15.2. The molecule has 1 aliphatic carbocycles. The van der Waals surface area contributed by atoms with Crippen molar-refractivity contribution >= 4 is 38.6 Å². The molecule has 0 saturated heterocycles. The number of benzene rings is 10. The predicted molar refractivity (Wildman–Crippen MR) is 244 cm³/mol. The lowest BCUT2D eigenvalue weighted by molar-refractivity contribution is 0.768. The quantitative estimate of drug-likeness (QED) is 0.157. The lowest BCUT2D eigenvalue weighted by atomic mass is 9.67. The minimum atomic E-state index is -0.526. The van der Waals surface area contributed by atoms with Crippen molar-refractivity contribution in [1.82, 2.24) is 0 Å². The maximum atomic E-state index is 2.52. The van der Waals surface area contributed by atoms with E-state index in [1.165, 1.54) is 77.2 Å². The Morgan fingerprint density at radius 1 is 0.293 bits per heavy atom. The maximum absolute atomic E-state index is 2.52. The van der Waals surface area contributed by atoms with Crippen LogP contribution in [0.5, 0.6) is 0 Å². The molecule has 0 heterocycles. The summed E-state index contributed by atoms with van der Waals surface area (Å²) in [6, 6.07) is 87.0. The number of rotatable bonds is 7. The molecule has 0 unspecified atom stereocenters. The fourth-order valence-electron chi connectivity index (χ4n) is 9.61. The van der Waals surface area contributed by atoms with Gasteiger partial charge in [0.15, 0.2) is 0 Å². The molecule has 1 nitrogen and oxygen atoms in total. The summed E-state index contributed by atoms with van der Waals surface area (Å²) in [5.74, 6) is 0. The first-order valence-electron chi connectivity index (χ1n) is 20.1. The summed E-state index contributed by atoms with van der Waals surface area (Å²) >= 11 is 0. The first-order valence-corrected chi connectivity index (χ1v) is 20.1. The molecule has 11 rings (SSSR count). The molecule has 0 radical (unpaired) electrons. The highest BCUT2D eigenvalue weighted by molar-refractivity contribution is 6.04. The topological polar surface area (TPSA) is 3.24 Å². The minimum Gasteiger partial charge on any atom is -0.309 e. The first-order chi connectivity index (χ1) is 28.8. The Labute approximate surface area is 339 Å². The molecule has 0 amide bonds. The number of anilines is 3. The number of fused-ring (bicyclic) bond motifs is 5. The van der Waals surface area contributed by atoms with Crippen LogP contribution in [0.3, 0.4) is 0 Å². The molecule has 1 aliphatic rings. The largest absolute Gasteiger partial charge is 0.309 e. The van der Waals surface area contributed by atoms with Crippen LogP contribution in [0, 0.1) is 0 Å². The first kappa shape index (κ1) is 33.8. The van der Waals surface area contributed by atoms with Crippen molar-refractivity contribution < 1.29 is 0 Å². The number of hydrogen-bond donors (Lipinski definition) is 0. The molecule has 0 saturated carbocycles. The van der Waals surface area contributed by atoms with E-state index in [1.54, 1.807) is 0 Å². The molecule has 10 aromatic rings. The van der Waals surface area contributed by atoms with Crippen molar-refractivity contribution in [2.24, 2.45) is 0 Å². The van der Waals surface area contributed by atoms with Gasteiger partial charge in [-0.3, -0.25) is 0 Å². The van der Waals surface area contributed by atoms with Crippen molar-refractivity contribution in [1.29, 1.82) is 0 Å². The molecule has 0 aliphatic heterocycles. The summed E-state index contributed by atoms with van der Waals surface area (Å²) in [7, 11) is 0. The highest BCUT2D eigenvalue weighted by Gasteiger charge is 2.46. The van der Waals surface area contributed by atoms with Crippen molar-refractivity contribution in [3.8, 4) is 33.4 Å². The second-order valence-electron chi connectivity index (χ2n) is 15.2. The van der Waals surface area contributed by atoms with Crippen LogP contribution in [0.1, 0.15) is 22.3 Å². The van der Waals surface area contributed by atoms with E-state index in [4.69, 9.17) is 0 Å². The standard InChI is InChI=1S/C57H39N/c1-4-18-41(19-5-1)50-36-34-43(48-31-16-22-40-20-10-12-28-47(40)48)38-56(50)58(55-33-17-23-42-21-11-13-29-49(42)55)46-35-37-52-51-30-14-15-32-53(51)57(54(52)39-46,44-24-6-2-7-25-44)45-26-8-3-9-27-45/h1-39H. The fraction of sp³-hybridized carbons (Fsp3) is 0.0175. The van der Waals surface area contributed by atoms with Crippen LogP contribution in [-0.4, -0.2) is 0 Å². The number of nitrogens with zero attached hydrogens (tertiary/aromatic N) is 1. The van der Waals surface area contributed by atoms with E-state index >= 15 is 0 Å². The van der Waals surface area contributed by atoms with Gasteiger partial charge in [-0.05, 0) is 90.5 Å². The van der Waals surface area contributed by atoms with E-state index in [1.807, 2.05) is 0 Å². The van der Waals surface area contributed by atoms with Gasteiger partial charge < -0.3 is 4.90 Å². The Kier molecular flexibility index (Phi) is 8.12. The van der Waals surface area contributed by atoms with Gasteiger partial charge in [-0.25, -0.2) is 0 Å². The van der Waals surface area contributed by atoms with Crippen LogP contribution in [0.15, 0.2) is 237 Å². The monoisotopic (exact) mass is 737 g/mol. The zero-order valence-electron chi connectivity index (χ0n) is 32.0. The van der Waals surface area contributed by atoms with Crippen LogP contribution >= 0.6 is 0 Å². The molecule has 0 atom stereocenters. The Morgan fingerprint density at radius 2 is 0.828 bits per heavy atom. The van der Waals surface area contributed by atoms with E-state index in [-0.39, 0.29) is 0 Å². The van der Waals surface area contributed by atoms with Crippen LogP contribution < -0.4 is 4.90 Å². The highest BCUT2D eigenvalue weighted by Crippen LogP contribution is 2.57. The van der Waals surface area contributed by atoms with E-state index in [9.17, 15) is 0 Å². The van der Waals surface area contributed by atoms with Gasteiger partial charge in [0.1, 0.15) is 0 Å². The molecule has 58 heavy (non-hydrogen) atoms. The van der Waals surface area contributed by atoms with Gasteiger partial charge >= 0.3 is 0 Å². The van der Waals surface area contributed by atoms with E-state index in [0.29, 0.717) is 0 Å². The van der Waals surface area contributed by atoms with Crippen LogP contribution in [0.2, 0.25) is 0 Å². The Bertz CT molecular complexity index is 3060. The Morgan fingerprint density at radius 3 is 1.57 bits per heavy atom. The number of hydrogen-bond acceptors (Lipinski definition) is 1. The molecule has 0 aromatic heterocycles. The summed E-state index contributed by atoms with van der Waals surface area (Å²) in [5, 5.41) is 4.87. The summed E-state index contributed by atoms with van der Waals surface area (Å²) in [6.45, 7) is 0. The maximum Gasteiger partial charge on any atom is 0.0714 e. The lowest BCUT2D eigenvalue weighted by Gasteiger charge is -2.35. The normalized spacial score (nSPS) is 12.6. The molecule has 0 fully saturated rings. The Hall–Kier alpha value is -7.48. The van der Waals surface area contributed by atoms with Gasteiger partial charge in [-0.2, -0.15) is 0 Å². The average molecular weight is 738 g/mol. The zero-order valence-corrected chi connectivity index (χ0v) is 32.0. The van der Waals surface area contributed by atoms with Crippen molar-refractivity contribution in [3.63, 3.8) is 0 Å². The Balaban J connectivity index is 1.24. The fourth-order valence-corrected chi connectivity index (χ4v) is 9.61.